The fourth-order valence-corrected chi connectivity index (χ4v) is 4.33. The van der Waals surface area contributed by atoms with E-state index in [0.29, 0.717) is 0 Å². The molecule has 0 bridgehead atoms. The summed E-state index contributed by atoms with van der Waals surface area (Å²) in [4.78, 5) is 27.7. The van der Waals surface area contributed by atoms with Crippen molar-refractivity contribution in [2.24, 2.45) is 0 Å². The standard InChI is InChI=1S/C24H31Cl2N3O4S/c1-6-17(3)27-24(31)18(4)28(14-19-9-7-16(2)8-10-19)23(30)15-29(34(5,32)33)20-11-12-21(25)22(26)13-20/h7-13,17-18H,6,14-15H2,1-5H3,(H,27,31)/t17-,18-/m1/s1. The molecule has 0 aliphatic carbocycles. The van der Waals surface area contributed by atoms with Crippen LogP contribution in [-0.2, 0) is 26.2 Å². The van der Waals surface area contributed by atoms with Gasteiger partial charge in [-0.15, -0.1) is 0 Å². The minimum Gasteiger partial charge on any atom is -0.352 e. The molecule has 10 heteroatoms. The van der Waals surface area contributed by atoms with Gasteiger partial charge in [-0.2, -0.15) is 0 Å². The van der Waals surface area contributed by atoms with Crippen molar-refractivity contribution in [2.45, 2.75) is 52.7 Å². The minimum atomic E-state index is -3.84. The molecule has 186 valence electrons. The monoisotopic (exact) mass is 527 g/mol. The maximum Gasteiger partial charge on any atom is 0.244 e. The lowest BCUT2D eigenvalue weighted by Crippen LogP contribution is -2.52. The van der Waals surface area contributed by atoms with Crippen molar-refractivity contribution in [3.63, 3.8) is 0 Å². The lowest BCUT2D eigenvalue weighted by Gasteiger charge is -2.32. The second-order valence-corrected chi connectivity index (χ2v) is 11.1. The van der Waals surface area contributed by atoms with Gasteiger partial charge in [0, 0.05) is 12.6 Å². The van der Waals surface area contributed by atoms with E-state index in [1.54, 1.807) is 6.92 Å². The number of anilines is 1. The number of carbonyl (C=O) groups is 2. The van der Waals surface area contributed by atoms with Crippen LogP contribution < -0.4 is 9.62 Å². The molecule has 2 rings (SSSR count). The van der Waals surface area contributed by atoms with Gasteiger partial charge >= 0.3 is 0 Å². The van der Waals surface area contributed by atoms with E-state index >= 15 is 0 Å². The fraction of sp³-hybridized carbons (Fsp3) is 0.417. The van der Waals surface area contributed by atoms with Gasteiger partial charge in [-0.3, -0.25) is 13.9 Å². The number of rotatable bonds is 10. The van der Waals surface area contributed by atoms with Crippen LogP contribution in [0.5, 0.6) is 0 Å². The summed E-state index contributed by atoms with van der Waals surface area (Å²) < 4.78 is 26.1. The first-order valence-electron chi connectivity index (χ1n) is 10.9. The number of carbonyl (C=O) groups excluding carboxylic acids is 2. The largest absolute Gasteiger partial charge is 0.352 e. The molecule has 0 aromatic heterocycles. The molecule has 0 aliphatic heterocycles. The molecule has 0 saturated heterocycles. The molecular weight excluding hydrogens is 497 g/mol. The van der Waals surface area contributed by atoms with Gasteiger partial charge < -0.3 is 10.2 Å². The van der Waals surface area contributed by atoms with Gasteiger partial charge in [-0.05, 0) is 51.0 Å². The molecule has 34 heavy (non-hydrogen) atoms. The summed E-state index contributed by atoms with van der Waals surface area (Å²) in [6, 6.07) is 11.0. The Morgan fingerprint density at radius 1 is 1.03 bits per heavy atom. The van der Waals surface area contributed by atoms with Crippen molar-refractivity contribution < 1.29 is 18.0 Å². The van der Waals surface area contributed by atoms with Gasteiger partial charge in [0.2, 0.25) is 21.8 Å². The number of aryl methyl sites for hydroxylation is 1. The summed E-state index contributed by atoms with van der Waals surface area (Å²) in [7, 11) is -3.84. The first-order chi connectivity index (χ1) is 15.8. The number of hydrogen-bond donors (Lipinski definition) is 1. The predicted molar refractivity (Wildman–Crippen MR) is 138 cm³/mol. The van der Waals surface area contributed by atoms with Crippen LogP contribution in [0.3, 0.4) is 0 Å². The third kappa shape index (κ3) is 7.61. The lowest BCUT2D eigenvalue weighted by molar-refractivity contribution is -0.139. The number of nitrogens with one attached hydrogen (secondary N) is 1. The Morgan fingerprint density at radius 2 is 1.65 bits per heavy atom. The fourth-order valence-electron chi connectivity index (χ4n) is 3.19. The normalized spacial score (nSPS) is 13.1. The maximum atomic E-state index is 13.5. The zero-order valence-electron chi connectivity index (χ0n) is 20.0. The minimum absolute atomic E-state index is 0.0602. The van der Waals surface area contributed by atoms with E-state index in [2.05, 4.69) is 5.32 Å². The average molecular weight is 529 g/mol. The van der Waals surface area contributed by atoms with E-state index in [9.17, 15) is 18.0 Å². The second kappa shape index (κ2) is 11.9. The van der Waals surface area contributed by atoms with E-state index in [1.807, 2.05) is 45.0 Å². The number of benzene rings is 2. The van der Waals surface area contributed by atoms with Crippen molar-refractivity contribution in [1.29, 1.82) is 0 Å². The summed E-state index contributed by atoms with van der Waals surface area (Å²) in [5.74, 6) is -0.834. The van der Waals surface area contributed by atoms with Crippen molar-refractivity contribution in [1.82, 2.24) is 10.2 Å². The Kier molecular flexibility index (Phi) is 9.79. The van der Waals surface area contributed by atoms with E-state index < -0.39 is 28.5 Å². The Morgan fingerprint density at radius 3 is 2.18 bits per heavy atom. The summed E-state index contributed by atoms with van der Waals surface area (Å²) in [6.45, 7) is 7.07. The Balaban J connectivity index is 2.39. The molecule has 0 spiro atoms. The van der Waals surface area contributed by atoms with Crippen LogP contribution in [0.1, 0.15) is 38.3 Å². The van der Waals surface area contributed by atoms with Gasteiger partial charge in [0.25, 0.3) is 0 Å². The van der Waals surface area contributed by atoms with Gasteiger partial charge in [0.1, 0.15) is 12.6 Å². The van der Waals surface area contributed by atoms with Crippen LogP contribution in [0.15, 0.2) is 42.5 Å². The van der Waals surface area contributed by atoms with Gasteiger partial charge in [0.15, 0.2) is 0 Å². The van der Waals surface area contributed by atoms with Crippen LogP contribution in [0.4, 0.5) is 5.69 Å². The maximum absolute atomic E-state index is 13.5. The predicted octanol–water partition coefficient (Wildman–Crippen LogP) is 4.40. The molecule has 2 amide bonds. The van der Waals surface area contributed by atoms with E-state index in [0.717, 1.165) is 28.1 Å². The molecule has 0 unspecified atom stereocenters. The van der Waals surface area contributed by atoms with Gasteiger partial charge in [-0.1, -0.05) is 60.0 Å². The molecule has 1 N–H and O–H groups in total. The molecule has 0 radical (unpaired) electrons. The highest BCUT2D eigenvalue weighted by Gasteiger charge is 2.30. The smallest absolute Gasteiger partial charge is 0.244 e. The quantitative estimate of drug-likeness (QED) is 0.495. The zero-order valence-corrected chi connectivity index (χ0v) is 22.3. The first kappa shape index (κ1) is 28.0. The Hall–Kier alpha value is -2.29. The lowest BCUT2D eigenvalue weighted by atomic mass is 10.1. The van der Waals surface area contributed by atoms with Crippen LogP contribution in [0.2, 0.25) is 10.0 Å². The van der Waals surface area contributed by atoms with E-state index in [4.69, 9.17) is 23.2 Å². The molecule has 2 atom stereocenters. The topological polar surface area (TPSA) is 86.8 Å². The first-order valence-corrected chi connectivity index (χ1v) is 13.5. The highest BCUT2D eigenvalue weighted by atomic mass is 35.5. The summed E-state index contributed by atoms with van der Waals surface area (Å²) in [6.07, 6.45) is 1.75. The second-order valence-electron chi connectivity index (χ2n) is 8.37. The van der Waals surface area contributed by atoms with Crippen LogP contribution in [-0.4, -0.2) is 50.0 Å². The van der Waals surface area contributed by atoms with Crippen molar-refractivity contribution in [2.75, 3.05) is 17.1 Å². The van der Waals surface area contributed by atoms with Crippen LogP contribution >= 0.6 is 23.2 Å². The average Bonchev–Trinajstić information content (AvgIpc) is 2.77. The van der Waals surface area contributed by atoms with Gasteiger partial charge in [0.05, 0.1) is 22.0 Å². The molecule has 0 aliphatic rings. The molecule has 0 heterocycles. The Bertz CT molecular complexity index is 1120. The number of hydrogen-bond acceptors (Lipinski definition) is 4. The number of halogens is 2. The number of amides is 2. The third-order valence-electron chi connectivity index (χ3n) is 5.51. The molecule has 7 nitrogen and oxygen atoms in total. The summed E-state index contributed by atoms with van der Waals surface area (Å²) in [5.41, 5.74) is 2.09. The molecule has 2 aromatic carbocycles. The van der Waals surface area contributed by atoms with E-state index in [1.165, 1.54) is 23.1 Å². The number of sulfonamides is 1. The third-order valence-corrected chi connectivity index (χ3v) is 7.39. The molecule has 0 saturated carbocycles. The van der Waals surface area contributed by atoms with E-state index in [-0.39, 0.29) is 34.2 Å². The number of nitrogens with zero attached hydrogens (tertiary/aromatic N) is 2. The molecule has 0 fully saturated rings. The van der Waals surface area contributed by atoms with Crippen LogP contribution in [0, 0.1) is 6.92 Å². The van der Waals surface area contributed by atoms with Gasteiger partial charge in [-0.25, -0.2) is 8.42 Å². The van der Waals surface area contributed by atoms with Crippen LogP contribution in [0.25, 0.3) is 0 Å². The highest BCUT2D eigenvalue weighted by molar-refractivity contribution is 7.92. The molecule has 2 aromatic rings. The summed E-state index contributed by atoms with van der Waals surface area (Å²) >= 11 is 12.0. The Labute approximate surface area is 212 Å². The zero-order chi connectivity index (χ0) is 25.6. The summed E-state index contributed by atoms with van der Waals surface area (Å²) in [5, 5.41) is 3.32. The van der Waals surface area contributed by atoms with Crippen molar-refractivity contribution in [3.8, 4) is 0 Å². The highest BCUT2D eigenvalue weighted by Crippen LogP contribution is 2.28. The van der Waals surface area contributed by atoms with Crippen molar-refractivity contribution >= 4 is 50.7 Å². The van der Waals surface area contributed by atoms with Crippen molar-refractivity contribution in [3.05, 3.63) is 63.6 Å². The SMILES string of the molecule is CC[C@@H](C)NC(=O)[C@@H](C)N(Cc1ccc(C)cc1)C(=O)CN(c1ccc(Cl)c(Cl)c1)S(C)(=O)=O. The molecular formula is C24H31Cl2N3O4S.